The second-order valence-corrected chi connectivity index (χ2v) is 9.40. The Labute approximate surface area is 265 Å². The first-order valence-electron chi connectivity index (χ1n) is 8.58. The summed E-state index contributed by atoms with van der Waals surface area (Å²) in [6.07, 6.45) is -0.191. The van der Waals surface area contributed by atoms with Gasteiger partial charge in [0, 0.05) is 0 Å². The third-order valence-corrected chi connectivity index (χ3v) is 6.61. The molecule has 4 rings (SSSR count). The topological polar surface area (TPSA) is 114 Å². The van der Waals surface area contributed by atoms with E-state index in [4.69, 9.17) is 0 Å². The van der Waals surface area contributed by atoms with Crippen LogP contribution in [0.4, 0.5) is 0 Å². The number of fused-ring (bicyclic) bond motifs is 2. The van der Waals surface area contributed by atoms with Crippen molar-refractivity contribution in [2.75, 3.05) is 0 Å². The second-order valence-electron chi connectivity index (χ2n) is 6.70. The van der Waals surface area contributed by atoms with E-state index in [2.05, 4.69) is 0 Å². The van der Waals surface area contributed by atoms with Crippen LogP contribution in [-0.2, 0) is 26.7 Å². The minimum Gasteiger partial charge on any atom is -0.744 e. The zero-order chi connectivity index (χ0) is 20.8. The van der Waals surface area contributed by atoms with Crippen LogP contribution in [0.25, 0.3) is 21.5 Å². The molecule has 0 radical (unpaired) electrons. The van der Waals surface area contributed by atoms with Crippen LogP contribution in [0.15, 0.2) is 82.6 Å². The molecule has 0 amide bonds. The van der Waals surface area contributed by atoms with Gasteiger partial charge in [0.2, 0.25) is 0 Å². The largest absolute Gasteiger partial charge is 1.00 e. The summed E-state index contributed by atoms with van der Waals surface area (Å²) in [6, 6.07) is 19.5. The Bertz CT molecular complexity index is 1370. The van der Waals surface area contributed by atoms with Crippen molar-refractivity contribution in [3.8, 4) is 0 Å². The van der Waals surface area contributed by atoms with Gasteiger partial charge in [-0.15, -0.1) is 0 Å². The van der Waals surface area contributed by atoms with Crippen LogP contribution in [0.2, 0.25) is 0 Å². The molecule has 0 aliphatic rings. The predicted molar refractivity (Wildman–Crippen MR) is 107 cm³/mol. The Balaban J connectivity index is 0.00000171. The molecule has 0 saturated heterocycles. The average Bonchev–Trinajstić information content (AvgIpc) is 2.65. The third kappa shape index (κ3) is 6.34. The van der Waals surface area contributed by atoms with Gasteiger partial charge in [-0.1, -0.05) is 48.5 Å². The smallest absolute Gasteiger partial charge is 0.744 e. The van der Waals surface area contributed by atoms with Gasteiger partial charge in [0.25, 0.3) is 0 Å². The molecule has 0 saturated carbocycles. The molecule has 0 aromatic heterocycles. The minimum absolute atomic E-state index is 0. The first-order valence-corrected chi connectivity index (χ1v) is 11.4. The van der Waals surface area contributed by atoms with E-state index in [1.165, 1.54) is 24.3 Å². The van der Waals surface area contributed by atoms with E-state index >= 15 is 0 Å². The summed E-state index contributed by atoms with van der Waals surface area (Å²) in [5.41, 5.74) is 0.276. The molecule has 10 heteroatoms. The molecule has 0 heterocycles. The molecule has 0 atom stereocenters. The van der Waals surface area contributed by atoms with Crippen molar-refractivity contribution in [1.29, 1.82) is 0 Å². The molecule has 0 fully saturated rings. The Kier molecular flexibility index (Phi) is 9.69. The van der Waals surface area contributed by atoms with Gasteiger partial charge < -0.3 is 9.11 Å². The van der Waals surface area contributed by atoms with Gasteiger partial charge in [-0.3, -0.25) is 0 Å². The number of rotatable bonds is 4. The summed E-state index contributed by atoms with van der Waals surface area (Å²) >= 11 is 0. The molecule has 0 spiro atoms. The fourth-order valence-corrected chi connectivity index (χ4v) is 4.93. The van der Waals surface area contributed by atoms with Crippen LogP contribution in [-0.4, -0.2) is 25.9 Å². The summed E-state index contributed by atoms with van der Waals surface area (Å²) < 4.78 is 71.1. The standard InChI is InChI=1S/C21H16O6S2.2K/c22-28(23,24)20-12-16-7-3-1-5-14(16)9-18(20)11-19-10-15-6-2-4-8-17(15)13-21(19)29(25,26)27;;/h1-10,12-13H,11H2,(H,22,23,24)(H,25,26,27);;/q;2*+1/p-2. The average molecular weight is 505 g/mol. The molecule has 31 heavy (non-hydrogen) atoms. The van der Waals surface area contributed by atoms with Crippen LogP contribution < -0.4 is 103 Å². The maximum Gasteiger partial charge on any atom is 1.00 e. The second kappa shape index (κ2) is 10.8. The molecule has 6 nitrogen and oxygen atoms in total. The maximum absolute atomic E-state index is 11.8. The number of benzene rings is 4. The van der Waals surface area contributed by atoms with Crippen LogP contribution in [0.3, 0.4) is 0 Å². The quantitative estimate of drug-likeness (QED) is 0.222. The zero-order valence-corrected chi connectivity index (χ0v) is 24.8. The van der Waals surface area contributed by atoms with Crippen molar-refractivity contribution in [2.45, 2.75) is 16.2 Å². The van der Waals surface area contributed by atoms with Gasteiger partial charge in [0.05, 0.1) is 9.79 Å². The van der Waals surface area contributed by atoms with E-state index in [1.807, 2.05) is 0 Å². The maximum atomic E-state index is 11.8. The van der Waals surface area contributed by atoms with Crippen molar-refractivity contribution in [2.24, 2.45) is 0 Å². The number of hydrogen-bond donors (Lipinski definition) is 0. The molecule has 4 aromatic rings. The zero-order valence-electron chi connectivity index (χ0n) is 16.9. The van der Waals surface area contributed by atoms with Gasteiger partial charge >= 0.3 is 103 Å². The molecule has 0 aliphatic carbocycles. The summed E-state index contributed by atoms with van der Waals surface area (Å²) in [4.78, 5) is -0.864. The SMILES string of the molecule is O=S(=O)([O-])c1cc2ccccc2cc1Cc1cc2ccccc2cc1S(=O)(=O)[O-].[K+].[K+]. The molecule has 0 aliphatic heterocycles. The summed E-state index contributed by atoms with van der Waals surface area (Å²) in [5.74, 6) is 0. The third-order valence-electron chi connectivity index (χ3n) is 4.78. The monoisotopic (exact) mass is 504 g/mol. The van der Waals surface area contributed by atoms with Crippen LogP contribution in [0.5, 0.6) is 0 Å². The fourth-order valence-electron chi connectivity index (χ4n) is 3.48. The van der Waals surface area contributed by atoms with E-state index < -0.39 is 30.0 Å². The summed E-state index contributed by atoms with van der Waals surface area (Å²) in [7, 11) is -9.63. The normalized spacial score (nSPS) is 11.7. The van der Waals surface area contributed by atoms with Crippen LogP contribution in [0.1, 0.15) is 11.1 Å². The van der Waals surface area contributed by atoms with Crippen molar-refractivity contribution in [1.82, 2.24) is 0 Å². The molecule has 0 unspecified atom stereocenters. The number of hydrogen-bond acceptors (Lipinski definition) is 6. The van der Waals surface area contributed by atoms with Gasteiger partial charge in [-0.25, -0.2) is 16.8 Å². The Morgan fingerprint density at radius 3 is 1.13 bits per heavy atom. The van der Waals surface area contributed by atoms with Gasteiger partial charge in [0.15, 0.2) is 0 Å². The predicted octanol–water partition coefficient (Wildman–Crippen LogP) is -2.60. The van der Waals surface area contributed by atoms with E-state index in [-0.39, 0.29) is 120 Å². The molecule has 0 bridgehead atoms. The Hall–Kier alpha value is 0.493. The van der Waals surface area contributed by atoms with Gasteiger partial charge in [-0.2, -0.15) is 0 Å². The van der Waals surface area contributed by atoms with E-state index in [0.29, 0.717) is 21.5 Å². The van der Waals surface area contributed by atoms with E-state index in [1.54, 1.807) is 48.5 Å². The summed E-state index contributed by atoms with van der Waals surface area (Å²) in [6.45, 7) is 0. The minimum atomic E-state index is -4.81. The van der Waals surface area contributed by atoms with Crippen molar-refractivity contribution < 1.29 is 129 Å². The Morgan fingerprint density at radius 1 is 0.548 bits per heavy atom. The molecule has 148 valence electrons. The van der Waals surface area contributed by atoms with Crippen LogP contribution >= 0.6 is 0 Å². The first-order chi connectivity index (χ1) is 13.6. The fraction of sp³-hybridized carbons (Fsp3) is 0.0476. The molecule has 0 N–H and O–H groups in total. The Morgan fingerprint density at radius 2 is 0.839 bits per heavy atom. The van der Waals surface area contributed by atoms with Gasteiger partial charge in [-0.05, 0) is 63.4 Å². The van der Waals surface area contributed by atoms with Crippen molar-refractivity contribution >= 4 is 41.8 Å². The molecular formula is C21H14K2O6S2. The van der Waals surface area contributed by atoms with Crippen molar-refractivity contribution in [3.63, 3.8) is 0 Å². The van der Waals surface area contributed by atoms with E-state index in [0.717, 1.165) is 0 Å². The molecule has 4 aromatic carbocycles. The molecular weight excluding hydrogens is 491 g/mol. The first kappa shape index (κ1) is 27.7. The van der Waals surface area contributed by atoms with Gasteiger partial charge in [0.1, 0.15) is 20.2 Å². The summed E-state index contributed by atoms with van der Waals surface area (Å²) in [5, 5.41) is 2.53. The van der Waals surface area contributed by atoms with E-state index in [9.17, 15) is 25.9 Å². The van der Waals surface area contributed by atoms with Crippen LogP contribution in [0, 0.1) is 0 Å². The van der Waals surface area contributed by atoms with Crippen molar-refractivity contribution in [3.05, 3.63) is 83.9 Å².